The summed E-state index contributed by atoms with van der Waals surface area (Å²) >= 11 is 0. The van der Waals surface area contributed by atoms with Crippen LogP contribution in [0.5, 0.6) is 11.5 Å². The predicted octanol–water partition coefficient (Wildman–Crippen LogP) is 6.72. The van der Waals surface area contributed by atoms with Crippen LogP contribution in [0.2, 0.25) is 0 Å². The van der Waals surface area contributed by atoms with Crippen molar-refractivity contribution < 1.29 is 18.7 Å². The molecule has 4 aromatic carbocycles. The van der Waals surface area contributed by atoms with E-state index < -0.39 is 5.82 Å². The Morgan fingerprint density at radius 1 is 0.818 bits per heavy atom. The van der Waals surface area contributed by atoms with E-state index in [0.29, 0.717) is 29.4 Å². The van der Waals surface area contributed by atoms with Crippen molar-refractivity contribution in [3.05, 3.63) is 114 Å². The molecule has 0 aromatic heterocycles. The van der Waals surface area contributed by atoms with Crippen molar-refractivity contribution in [2.45, 2.75) is 13.5 Å². The Labute approximate surface area is 192 Å². The average Bonchev–Trinajstić information content (AvgIpc) is 2.84. The Morgan fingerprint density at radius 3 is 2.30 bits per heavy atom. The van der Waals surface area contributed by atoms with E-state index in [4.69, 9.17) is 9.47 Å². The number of carbonyl (C=O) groups excluding carboxylic acids is 1. The van der Waals surface area contributed by atoms with Crippen LogP contribution in [0.15, 0.2) is 97.1 Å². The van der Waals surface area contributed by atoms with Gasteiger partial charge in [-0.3, -0.25) is 4.79 Å². The van der Waals surface area contributed by atoms with E-state index in [2.05, 4.69) is 17.4 Å². The molecular formula is C28H24FNO3. The largest absolute Gasteiger partial charge is 0.493 e. The van der Waals surface area contributed by atoms with E-state index in [1.54, 1.807) is 30.3 Å². The lowest BCUT2D eigenvalue weighted by Crippen LogP contribution is -2.13. The number of amides is 1. The molecule has 166 valence electrons. The van der Waals surface area contributed by atoms with Gasteiger partial charge in [0.2, 0.25) is 0 Å². The molecule has 0 spiro atoms. The monoisotopic (exact) mass is 441 g/mol. The molecule has 4 rings (SSSR count). The smallest absolute Gasteiger partial charge is 0.255 e. The highest BCUT2D eigenvalue weighted by molar-refractivity contribution is 6.04. The van der Waals surface area contributed by atoms with E-state index in [1.165, 1.54) is 12.1 Å². The van der Waals surface area contributed by atoms with E-state index in [9.17, 15) is 9.18 Å². The van der Waals surface area contributed by atoms with Gasteiger partial charge in [0.15, 0.2) is 0 Å². The van der Waals surface area contributed by atoms with Crippen LogP contribution in [0, 0.1) is 5.82 Å². The third kappa shape index (κ3) is 5.77. The first-order valence-electron chi connectivity index (χ1n) is 10.7. The summed E-state index contributed by atoms with van der Waals surface area (Å²) in [6.45, 7) is 2.63. The number of halogens is 1. The summed E-state index contributed by atoms with van der Waals surface area (Å²) < 4.78 is 25.1. The maximum Gasteiger partial charge on any atom is 0.255 e. The summed E-state index contributed by atoms with van der Waals surface area (Å²) in [5.41, 5.74) is 3.82. The summed E-state index contributed by atoms with van der Waals surface area (Å²) in [7, 11) is 0. The molecule has 0 atom stereocenters. The van der Waals surface area contributed by atoms with Gasteiger partial charge in [0, 0.05) is 16.8 Å². The molecule has 5 heteroatoms. The van der Waals surface area contributed by atoms with E-state index in [-0.39, 0.29) is 12.5 Å². The van der Waals surface area contributed by atoms with E-state index in [1.807, 2.05) is 49.4 Å². The second-order valence-electron chi connectivity index (χ2n) is 7.40. The van der Waals surface area contributed by atoms with Crippen LogP contribution in [0.3, 0.4) is 0 Å². The van der Waals surface area contributed by atoms with Crippen LogP contribution in [-0.2, 0) is 6.61 Å². The Bertz CT molecular complexity index is 1220. The molecule has 0 aliphatic heterocycles. The Kier molecular flexibility index (Phi) is 7.00. The maximum atomic E-state index is 13.4. The highest BCUT2D eigenvalue weighted by Crippen LogP contribution is 2.26. The van der Waals surface area contributed by atoms with Gasteiger partial charge in [-0.05, 0) is 66.6 Å². The molecule has 1 N–H and O–H groups in total. The molecule has 0 saturated heterocycles. The van der Waals surface area contributed by atoms with Gasteiger partial charge in [-0.2, -0.15) is 0 Å². The molecule has 0 unspecified atom stereocenters. The molecule has 0 radical (unpaired) electrons. The first-order valence-corrected chi connectivity index (χ1v) is 10.7. The van der Waals surface area contributed by atoms with Gasteiger partial charge < -0.3 is 14.8 Å². The molecule has 4 nitrogen and oxygen atoms in total. The van der Waals surface area contributed by atoms with Crippen molar-refractivity contribution in [3.63, 3.8) is 0 Å². The normalized spacial score (nSPS) is 10.5. The second-order valence-corrected chi connectivity index (χ2v) is 7.40. The first-order chi connectivity index (χ1) is 16.1. The lowest BCUT2D eigenvalue weighted by Gasteiger charge is -2.14. The molecule has 0 aliphatic carbocycles. The number of hydrogen-bond acceptors (Lipinski definition) is 3. The van der Waals surface area contributed by atoms with Gasteiger partial charge >= 0.3 is 0 Å². The third-order valence-electron chi connectivity index (χ3n) is 5.06. The second kappa shape index (κ2) is 10.5. The van der Waals surface area contributed by atoms with Crippen LogP contribution >= 0.6 is 0 Å². The highest BCUT2D eigenvalue weighted by atomic mass is 19.1. The predicted molar refractivity (Wildman–Crippen MR) is 128 cm³/mol. The van der Waals surface area contributed by atoms with Crippen LogP contribution in [0.4, 0.5) is 10.1 Å². The number of rotatable bonds is 8. The van der Waals surface area contributed by atoms with Gasteiger partial charge in [-0.15, -0.1) is 0 Å². The fourth-order valence-electron chi connectivity index (χ4n) is 3.43. The Hall–Kier alpha value is -4.12. The van der Waals surface area contributed by atoms with Crippen LogP contribution in [-0.4, -0.2) is 12.5 Å². The van der Waals surface area contributed by atoms with Gasteiger partial charge in [-0.25, -0.2) is 4.39 Å². The molecule has 0 bridgehead atoms. The van der Waals surface area contributed by atoms with Crippen LogP contribution in [0.25, 0.3) is 11.1 Å². The van der Waals surface area contributed by atoms with Crippen LogP contribution in [0.1, 0.15) is 22.8 Å². The number of nitrogens with one attached hydrogen (secondary N) is 1. The summed E-state index contributed by atoms with van der Waals surface area (Å²) in [5, 5.41) is 2.71. The Morgan fingerprint density at radius 2 is 1.58 bits per heavy atom. The van der Waals surface area contributed by atoms with Gasteiger partial charge in [-0.1, -0.05) is 48.5 Å². The fraction of sp³-hybridized carbons (Fsp3) is 0.107. The first kappa shape index (κ1) is 22.1. The Balaban J connectivity index is 1.48. The van der Waals surface area contributed by atoms with E-state index >= 15 is 0 Å². The van der Waals surface area contributed by atoms with Crippen molar-refractivity contribution in [2.24, 2.45) is 0 Å². The number of carbonyl (C=O) groups is 1. The summed E-state index contributed by atoms with van der Waals surface area (Å²) in [4.78, 5) is 12.7. The topological polar surface area (TPSA) is 47.6 Å². The molecule has 1 amide bonds. The lowest BCUT2D eigenvalue weighted by atomic mass is 10.1. The lowest BCUT2D eigenvalue weighted by molar-refractivity contribution is 0.102. The van der Waals surface area contributed by atoms with Gasteiger partial charge in [0.05, 0.1) is 6.61 Å². The number of ether oxygens (including phenoxy) is 2. The van der Waals surface area contributed by atoms with Crippen molar-refractivity contribution in [3.8, 4) is 22.6 Å². The van der Waals surface area contributed by atoms with E-state index in [0.717, 1.165) is 16.7 Å². The molecule has 0 fully saturated rings. The zero-order chi connectivity index (χ0) is 23.0. The summed E-state index contributed by atoms with van der Waals surface area (Å²) in [6.07, 6.45) is 0. The summed E-state index contributed by atoms with van der Waals surface area (Å²) in [6, 6.07) is 28.9. The maximum absolute atomic E-state index is 13.4. The quantitative estimate of drug-likeness (QED) is 0.330. The molecular weight excluding hydrogens is 417 g/mol. The minimum Gasteiger partial charge on any atom is -0.493 e. The molecule has 0 aliphatic rings. The zero-order valence-corrected chi connectivity index (χ0v) is 18.3. The van der Waals surface area contributed by atoms with Crippen molar-refractivity contribution in [1.29, 1.82) is 0 Å². The van der Waals surface area contributed by atoms with Gasteiger partial charge in [0.1, 0.15) is 23.9 Å². The number of hydrogen-bond donors (Lipinski definition) is 1. The molecule has 33 heavy (non-hydrogen) atoms. The van der Waals surface area contributed by atoms with Crippen molar-refractivity contribution in [2.75, 3.05) is 11.9 Å². The molecule has 0 heterocycles. The average molecular weight is 442 g/mol. The standard InChI is InChI=1S/C28H24FNO3/c1-2-32-27-16-13-22(28(31)30-25-10-6-9-24(29)18-25)17-23(27)19-33-26-14-11-21(12-15-26)20-7-4-3-5-8-20/h3-18H,2,19H2,1H3,(H,30,31). The number of anilines is 1. The van der Waals surface area contributed by atoms with Crippen molar-refractivity contribution in [1.82, 2.24) is 0 Å². The molecule has 4 aromatic rings. The third-order valence-corrected chi connectivity index (χ3v) is 5.06. The SMILES string of the molecule is CCOc1ccc(C(=O)Nc2cccc(F)c2)cc1COc1ccc(-c2ccccc2)cc1. The van der Waals surface area contributed by atoms with Crippen LogP contribution < -0.4 is 14.8 Å². The minimum atomic E-state index is -0.410. The summed E-state index contributed by atoms with van der Waals surface area (Å²) in [5.74, 6) is 0.622. The minimum absolute atomic E-state index is 0.237. The number of benzene rings is 4. The highest BCUT2D eigenvalue weighted by Gasteiger charge is 2.12. The molecule has 0 saturated carbocycles. The van der Waals surface area contributed by atoms with Gasteiger partial charge in [0.25, 0.3) is 5.91 Å². The fourth-order valence-corrected chi connectivity index (χ4v) is 3.43. The zero-order valence-electron chi connectivity index (χ0n) is 18.3. The van der Waals surface area contributed by atoms with Crippen molar-refractivity contribution >= 4 is 11.6 Å².